The topological polar surface area (TPSA) is 138 Å². The third-order valence-corrected chi connectivity index (χ3v) is 5.68. The van der Waals surface area contributed by atoms with Gasteiger partial charge in [-0.05, 0) is 13.3 Å². The summed E-state index contributed by atoms with van der Waals surface area (Å²) in [7, 11) is -10.2. The minimum absolute atomic E-state index is 0. The molecule has 20 heavy (non-hydrogen) atoms. The molecule has 11 heteroatoms. The second kappa shape index (κ2) is 9.70. The Morgan fingerprint density at radius 3 is 1.85 bits per heavy atom. The predicted octanol–water partition coefficient (Wildman–Crippen LogP) is -0.604. The summed E-state index contributed by atoms with van der Waals surface area (Å²) in [4.78, 5) is 0. The molecule has 0 saturated heterocycles. The van der Waals surface area contributed by atoms with Crippen LogP contribution in [0.3, 0.4) is 0 Å². The predicted molar refractivity (Wildman–Crippen MR) is 75.0 cm³/mol. The molecule has 0 spiro atoms. The van der Waals surface area contributed by atoms with E-state index >= 15 is 0 Å². The van der Waals surface area contributed by atoms with Gasteiger partial charge in [0, 0.05) is 0 Å². The van der Waals surface area contributed by atoms with Gasteiger partial charge in [0.1, 0.15) is 6.10 Å². The molecule has 3 N–H and O–H groups in total. The zero-order chi connectivity index (χ0) is 15.3. The maximum atomic E-state index is 11.0. The molecule has 0 aliphatic carbocycles. The van der Waals surface area contributed by atoms with Gasteiger partial charge in [0.25, 0.3) is 20.2 Å². The van der Waals surface area contributed by atoms with Crippen LogP contribution in [0.15, 0.2) is 0 Å². The van der Waals surface area contributed by atoms with Gasteiger partial charge in [-0.2, -0.15) is 16.8 Å². The minimum atomic E-state index is -5.12. The molecule has 0 aromatic heterocycles. The summed E-state index contributed by atoms with van der Waals surface area (Å²) < 4.78 is 64.2. The van der Waals surface area contributed by atoms with Crippen molar-refractivity contribution in [3.05, 3.63) is 0 Å². The van der Waals surface area contributed by atoms with Crippen molar-refractivity contribution >= 4 is 49.8 Å². The van der Waals surface area contributed by atoms with Gasteiger partial charge in [0.2, 0.25) is 4.58 Å². The Kier molecular flexibility index (Phi) is 11.2. The van der Waals surface area contributed by atoms with Crippen molar-refractivity contribution in [3.63, 3.8) is 0 Å². The second-order valence-corrected chi connectivity index (χ2v) is 7.58. The van der Waals surface area contributed by atoms with E-state index in [1.54, 1.807) is 6.92 Å². The van der Waals surface area contributed by atoms with Crippen molar-refractivity contribution in [2.24, 2.45) is 0 Å². The molecule has 0 amide bonds. The fourth-order valence-electron chi connectivity index (χ4n) is 1.59. The summed E-state index contributed by atoms with van der Waals surface area (Å²) in [6.07, 6.45) is -0.129. The van der Waals surface area contributed by atoms with E-state index in [0.29, 0.717) is 6.42 Å². The Morgan fingerprint density at radius 1 is 1.10 bits per heavy atom. The van der Waals surface area contributed by atoms with Crippen LogP contribution in [0.5, 0.6) is 0 Å². The molecule has 2 atom stereocenters. The molecule has 2 unspecified atom stereocenters. The van der Waals surface area contributed by atoms with E-state index in [-0.39, 0.29) is 29.6 Å². The maximum absolute atomic E-state index is 11.0. The molecule has 8 nitrogen and oxygen atoms in total. The molecule has 0 aromatic carbocycles. The number of aliphatic hydroxyl groups excluding tert-OH is 1. The van der Waals surface area contributed by atoms with Gasteiger partial charge >= 0.3 is 29.6 Å². The number of hydrogen-bond donors (Lipinski definition) is 3. The van der Waals surface area contributed by atoms with E-state index in [2.05, 4.69) is 0 Å². The molecule has 0 rings (SSSR count). The quantitative estimate of drug-likeness (QED) is 0.372. The van der Waals surface area contributed by atoms with Crippen molar-refractivity contribution in [2.45, 2.75) is 49.9 Å². The van der Waals surface area contributed by atoms with Crippen molar-refractivity contribution < 1.29 is 35.8 Å². The first-order chi connectivity index (χ1) is 8.54. The normalized spacial score (nSPS) is 15.7. The molecule has 0 radical (unpaired) electrons. The zero-order valence-electron chi connectivity index (χ0n) is 10.8. The number of hydrogen-bond acceptors (Lipinski definition) is 6. The van der Waals surface area contributed by atoms with Gasteiger partial charge in [-0.1, -0.05) is 19.8 Å². The monoisotopic (exact) mass is 344 g/mol. The van der Waals surface area contributed by atoms with E-state index in [9.17, 15) is 16.8 Å². The summed E-state index contributed by atoms with van der Waals surface area (Å²) in [6, 6.07) is 0. The third kappa shape index (κ3) is 8.25. The van der Waals surface area contributed by atoms with Crippen molar-refractivity contribution in [1.29, 1.82) is 0 Å². The van der Waals surface area contributed by atoms with Crippen molar-refractivity contribution in [2.75, 3.05) is 6.61 Å². The molecule has 0 heterocycles. The average Bonchev–Trinajstić information content (AvgIpc) is 2.21. The first-order valence-corrected chi connectivity index (χ1v) is 8.73. The fourth-order valence-corrected chi connectivity index (χ4v) is 3.89. The summed E-state index contributed by atoms with van der Waals surface area (Å²) in [6.45, 7) is 2.53. The Bertz CT molecular complexity index is 428. The van der Waals surface area contributed by atoms with Gasteiger partial charge in [-0.3, -0.25) is 9.11 Å². The van der Waals surface area contributed by atoms with E-state index < -0.39 is 43.6 Å². The molecule has 0 aliphatic heterocycles. The number of unbranched alkanes of at least 4 members (excludes halogenated alkanes) is 1. The zero-order valence-corrected chi connectivity index (χ0v) is 12.4. The summed E-state index contributed by atoms with van der Waals surface area (Å²) in [5, 5.41) is 9.02. The van der Waals surface area contributed by atoms with Gasteiger partial charge < -0.3 is 9.84 Å². The summed E-state index contributed by atoms with van der Waals surface area (Å²) in [5.41, 5.74) is 0. The fraction of sp³-hybridized carbons (Fsp3) is 1.00. The van der Waals surface area contributed by atoms with Gasteiger partial charge in [0.05, 0.1) is 12.7 Å². The molecule has 0 fully saturated rings. The van der Waals surface area contributed by atoms with Crippen LogP contribution in [-0.4, -0.2) is 84.0 Å². The molecular formula is C9H21NaO8S2. The van der Waals surface area contributed by atoms with Gasteiger partial charge in [0.15, 0.2) is 0 Å². The first kappa shape index (κ1) is 23.0. The SMILES string of the molecule is CCCCC(C)OC(CO)C(S(=O)(=O)O)S(=O)(=O)O.[NaH]. The van der Waals surface area contributed by atoms with E-state index in [0.717, 1.165) is 12.8 Å². The first-order valence-electron chi connectivity index (χ1n) is 5.73. The second-order valence-electron chi connectivity index (χ2n) is 4.21. The molecular weight excluding hydrogens is 323 g/mol. The van der Waals surface area contributed by atoms with Gasteiger partial charge in [-0.25, -0.2) is 0 Å². The summed E-state index contributed by atoms with van der Waals surface area (Å²) in [5.74, 6) is 0. The Labute approximate surface area is 141 Å². The standard InChI is InChI=1S/C9H20O8S2.Na.H/c1-3-4-5-7(2)17-8(6-10)9(18(11,12)13)19(14,15)16;;/h7-10H,3-6H2,1-2H3,(H,11,12,13)(H,14,15,16);;. The Balaban J connectivity index is 0. The van der Waals surface area contributed by atoms with Crippen LogP contribution in [-0.2, 0) is 25.0 Å². The van der Waals surface area contributed by atoms with Crippen LogP contribution in [0.2, 0.25) is 0 Å². The number of ether oxygens (including phenoxy) is 1. The van der Waals surface area contributed by atoms with Crippen LogP contribution in [0.1, 0.15) is 33.1 Å². The van der Waals surface area contributed by atoms with E-state index in [1.165, 1.54) is 0 Å². The Morgan fingerprint density at radius 2 is 1.55 bits per heavy atom. The molecule has 0 bridgehead atoms. The Hall–Kier alpha value is 0.740. The third-order valence-electron chi connectivity index (χ3n) is 2.44. The van der Waals surface area contributed by atoms with Crippen LogP contribution >= 0.6 is 0 Å². The van der Waals surface area contributed by atoms with Crippen LogP contribution in [0, 0.1) is 0 Å². The molecule has 0 aliphatic rings. The number of rotatable bonds is 9. The van der Waals surface area contributed by atoms with E-state index in [1.807, 2.05) is 6.92 Å². The summed E-state index contributed by atoms with van der Waals surface area (Å²) >= 11 is 0. The molecule has 0 saturated carbocycles. The van der Waals surface area contributed by atoms with Crippen LogP contribution < -0.4 is 0 Å². The number of aliphatic hydroxyl groups is 1. The van der Waals surface area contributed by atoms with Gasteiger partial charge in [-0.15, -0.1) is 0 Å². The van der Waals surface area contributed by atoms with Crippen molar-refractivity contribution in [3.8, 4) is 0 Å². The molecule has 118 valence electrons. The van der Waals surface area contributed by atoms with Crippen molar-refractivity contribution in [1.82, 2.24) is 0 Å². The molecule has 0 aromatic rings. The van der Waals surface area contributed by atoms with Crippen LogP contribution in [0.25, 0.3) is 0 Å². The van der Waals surface area contributed by atoms with E-state index in [4.69, 9.17) is 18.9 Å². The van der Waals surface area contributed by atoms with Crippen LogP contribution in [0.4, 0.5) is 0 Å². The average molecular weight is 344 g/mol.